The van der Waals surface area contributed by atoms with Gasteiger partial charge in [0.2, 0.25) is 17.7 Å². The van der Waals surface area contributed by atoms with E-state index < -0.39 is 5.91 Å². The first-order valence-electron chi connectivity index (χ1n) is 12.9. The number of thiophene rings is 1. The number of hydrogen-bond acceptors (Lipinski definition) is 8. The van der Waals surface area contributed by atoms with E-state index in [1.54, 1.807) is 23.5 Å². The van der Waals surface area contributed by atoms with Gasteiger partial charge in [0.25, 0.3) is 0 Å². The third-order valence-electron chi connectivity index (χ3n) is 6.84. The molecular formula is C30H30N6O2S. The minimum absolute atomic E-state index is 0.239. The van der Waals surface area contributed by atoms with Crippen LogP contribution in [0.4, 0.5) is 5.95 Å². The summed E-state index contributed by atoms with van der Waals surface area (Å²) in [5, 5.41) is 14.9. The number of amides is 1. The molecule has 1 aliphatic heterocycles. The third kappa shape index (κ3) is 6.42. The lowest BCUT2D eigenvalue weighted by molar-refractivity contribution is 0.1000. The molecule has 0 bridgehead atoms. The number of rotatable bonds is 8. The number of benzene rings is 2. The van der Waals surface area contributed by atoms with Gasteiger partial charge < -0.3 is 15.8 Å². The molecule has 2 aromatic carbocycles. The summed E-state index contributed by atoms with van der Waals surface area (Å²) in [6, 6.07) is 19.5. The predicted molar refractivity (Wildman–Crippen MR) is 153 cm³/mol. The van der Waals surface area contributed by atoms with Crippen LogP contribution in [0.1, 0.15) is 45.5 Å². The molecule has 0 unspecified atom stereocenters. The van der Waals surface area contributed by atoms with Crippen LogP contribution in [0.2, 0.25) is 0 Å². The fourth-order valence-electron chi connectivity index (χ4n) is 4.82. The van der Waals surface area contributed by atoms with Gasteiger partial charge in [-0.25, -0.2) is 4.98 Å². The summed E-state index contributed by atoms with van der Waals surface area (Å²) in [4.78, 5) is 24.3. The fourth-order valence-corrected chi connectivity index (χ4v) is 5.51. The number of nitriles is 1. The number of carbonyl (C=O) groups is 1. The highest BCUT2D eigenvalue weighted by atomic mass is 32.1. The van der Waals surface area contributed by atoms with E-state index in [1.165, 1.54) is 0 Å². The van der Waals surface area contributed by atoms with E-state index in [9.17, 15) is 10.1 Å². The van der Waals surface area contributed by atoms with Crippen LogP contribution in [0.15, 0.2) is 60.0 Å². The standard InChI is InChI=1S/C30H30N6O2S/c1-19-14-22(17-31)15-20(2)28(19)38-27-16-25(26-4-3-13-39-26)34-30(35-27)33-24-9-11-36(12-10-24)18-21-5-7-23(8-6-21)29(32)37/h3-8,13-16,24H,9-12,18H2,1-2H3,(H2,32,37)(H,33,34,35). The van der Waals surface area contributed by atoms with Gasteiger partial charge in [0, 0.05) is 37.3 Å². The monoisotopic (exact) mass is 538 g/mol. The van der Waals surface area contributed by atoms with Gasteiger partial charge >= 0.3 is 0 Å². The van der Waals surface area contributed by atoms with Crippen molar-refractivity contribution in [2.24, 2.45) is 5.73 Å². The molecule has 3 N–H and O–H groups in total. The highest BCUT2D eigenvalue weighted by Gasteiger charge is 2.21. The Hall–Kier alpha value is -4.26. The van der Waals surface area contributed by atoms with Gasteiger partial charge in [0.1, 0.15) is 5.75 Å². The Balaban J connectivity index is 1.28. The molecule has 0 saturated carbocycles. The molecule has 2 aromatic heterocycles. The van der Waals surface area contributed by atoms with Crippen molar-refractivity contribution in [1.29, 1.82) is 5.26 Å². The predicted octanol–water partition coefficient (Wildman–Crippen LogP) is 5.66. The Morgan fingerprint density at radius 3 is 2.46 bits per heavy atom. The maximum absolute atomic E-state index is 11.3. The van der Waals surface area contributed by atoms with Crippen molar-refractivity contribution >= 4 is 23.2 Å². The van der Waals surface area contributed by atoms with Gasteiger partial charge in [-0.05, 0) is 79.1 Å². The average Bonchev–Trinajstić information content (AvgIpc) is 3.47. The van der Waals surface area contributed by atoms with E-state index >= 15 is 0 Å². The zero-order valence-electron chi connectivity index (χ0n) is 22.0. The first-order valence-corrected chi connectivity index (χ1v) is 13.8. The third-order valence-corrected chi connectivity index (χ3v) is 7.73. The smallest absolute Gasteiger partial charge is 0.248 e. The van der Waals surface area contributed by atoms with Crippen molar-refractivity contribution in [3.8, 4) is 28.3 Å². The average molecular weight is 539 g/mol. The lowest BCUT2D eigenvalue weighted by atomic mass is 10.0. The second-order valence-corrected chi connectivity index (χ2v) is 10.7. The molecule has 4 aromatic rings. The summed E-state index contributed by atoms with van der Waals surface area (Å²) >= 11 is 1.62. The van der Waals surface area contributed by atoms with E-state index in [4.69, 9.17) is 20.4 Å². The molecule has 9 heteroatoms. The Kier molecular flexibility index (Phi) is 7.87. The molecule has 198 valence electrons. The van der Waals surface area contributed by atoms with Crippen LogP contribution in [0.3, 0.4) is 0 Å². The van der Waals surface area contributed by atoms with Crippen molar-refractivity contribution in [3.05, 3.63) is 87.8 Å². The zero-order chi connectivity index (χ0) is 27.4. The summed E-state index contributed by atoms with van der Waals surface area (Å²) in [6.07, 6.45) is 1.91. The van der Waals surface area contributed by atoms with Crippen LogP contribution in [0, 0.1) is 25.2 Å². The molecule has 0 spiro atoms. The topological polar surface area (TPSA) is 117 Å². The highest BCUT2D eigenvalue weighted by Crippen LogP contribution is 2.33. The number of aromatic nitrogens is 2. The Morgan fingerprint density at radius 1 is 1.13 bits per heavy atom. The number of nitrogens with zero attached hydrogens (tertiary/aromatic N) is 4. The van der Waals surface area contributed by atoms with E-state index in [-0.39, 0.29) is 6.04 Å². The quantitative estimate of drug-likeness (QED) is 0.297. The van der Waals surface area contributed by atoms with E-state index in [1.807, 2.05) is 61.7 Å². The molecular weight excluding hydrogens is 508 g/mol. The lowest BCUT2D eigenvalue weighted by Gasteiger charge is -2.32. The van der Waals surface area contributed by atoms with Crippen molar-refractivity contribution in [1.82, 2.24) is 14.9 Å². The Morgan fingerprint density at radius 2 is 1.85 bits per heavy atom. The number of piperidine rings is 1. The Bertz CT molecular complexity index is 1480. The van der Waals surface area contributed by atoms with Crippen molar-refractivity contribution < 1.29 is 9.53 Å². The van der Waals surface area contributed by atoms with Crippen molar-refractivity contribution in [2.75, 3.05) is 18.4 Å². The maximum Gasteiger partial charge on any atom is 0.248 e. The molecule has 1 aliphatic rings. The number of likely N-dealkylation sites (tertiary alicyclic amines) is 1. The molecule has 1 saturated heterocycles. The molecule has 0 aliphatic carbocycles. The van der Waals surface area contributed by atoms with Crippen LogP contribution >= 0.6 is 11.3 Å². The van der Waals surface area contributed by atoms with E-state index in [0.717, 1.165) is 59.7 Å². The summed E-state index contributed by atoms with van der Waals surface area (Å²) in [6.45, 7) is 6.57. The van der Waals surface area contributed by atoms with Gasteiger partial charge in [0.05, 0.1) is 22.2 Å². The molecule has 0 atom stereocenters. The molecule has 5 rings (SSSR count). The minimum atomic E-state index is -0.408. The number of primary amides is 1. The summed E-state index contributed by atoms with van der Waals surface area (Å²) < 4.78 is 6.28. The zero-order valence-corrected chi connectivity index (χ0v) is 22.8. The largest absolute Gasteiger partial charge is 0.438 e. The van der Waals surface area contributed by atoms with E-state index in [0.29, 0.717) is 28.7 Å². The number of nitrogens with two attached hydrogens (primary N) is 1. The van der Waals surface area contributed by atoms with Crippen LogP contribution in [0.5, 0.6) is 11.6 Å². The van der Waals surface area contributed by atoms with Gasteiger partial charge in [-0.2, -0.15) is 10.2 Å². The Labute approximate surface area is 232 Å². The fraction of sp³-hybridized carbons (Fsp3) is 0.267. The van der Waals surface area contributed by atoms with Crippen LogP contribution in [-0.4, -0.2) is 39.9 Å². The molecule has 39 heavy (non-hydrogen) atoms. The van der Waals surface area contributed by atoms with Gasteiger partial charge in [-0.15, -0.1) is 11.3 Å². The maximum atomic E-state index is 11.3. The SMILES string of the molecule is Cc1cc(C#N)cc(C)c1Oc1cc(-c2cccs2)nc(NC2CCN(Cc3ccc(C(N)=O)cc3)CC2)n1. The van der Waals surface area contributed by atoms with Crippen LogP contribution in [0.25, 0.3) is 10.6 Å². The molecule has 1 fully saturated rings. The van der Waals surface area contributed by atoms with Crippen molar-refractivity contribution in [2.45, 2.75) is 39.3 Å². The number of hydrogen-bond donors (Lipinski definition) is 2. The van der Waals surface area contributed by atoms with Crippen LogP contribution in [-0.2, 0) is 6.54 Å². The lowest BCUT2D eigenvalue weighted by Crippen LogP contribution is -2.39. The summed E-state index contributed by atoms with van der Waals surface area (Å²) in [5.74, 6) is 1.30. The minimum Gasteiger partial charge on any atom is -0.438 e. The number of ether oxygens (including phenoxy) is 1. The van der Waals surface area contributed by atoms with Gasteiger partial charge in [0.15, 0.2) is 0 Å². The number of carbonyl (C=O) groups excluding carboxylic acids is 1. The summed E-state index contributed by atoms with van der Waals surface area (Å²) in [5.41, 5.74) is 10.2. The highest BCUT2D eigenvalue weighted by molar-refractivity contribution is 7.13. The molecule has 8 nitrogen and oxygen atoms in total. The second kappa shape index (κ2) is 11.6. The number of aryl methyl sites for hydroxylation is 2. The summed E-state index contributed by atoms with van der Waals surface area (Å²) in [7, 11) is 0. The second-order valence-electron chi connectivity index (χ2n) is 9.80. The van der Waals surface area contributed by atoms with Gasteiger partial charge in [-0.3, -0.25) is 9.69 Å². The van der Waals surface area contributed by atoms with Gasteiger partial charge in [-0.1, -0.05) is 18.2 Å². The number of anilines is 1. The first-order chi connectivity index (χ1) is 18.9. The van der Waals surface area contributed by atoms with Crippen molar-refractivity contribution in [3.63, 3.8) is 0 Å². The normalized spacial score (nSPS) is 14.1. The van der Waals surface area contributed by atoms with Crippen LogP contribution < -0.4 is 15.8 Å². The molecule has 0 radical (unpaired) electrons. The molecule has 3 heterocycles. The first kappa shape index (κ1) is 26.4. The number of nitrogens with one attached hydrogen (secondary N) is 1. The molecule has 1 amide bonds. The van der Waals surface area contributed by atoms with E-state index in [2.05, 4.69) is 16.3 Å².